The summed E-state index contributed by atoms with van der Waals surface area (Å²) in [5.74, 6) is 0.946. The molecule has 2 fully saturated rings. The molecule has 0 aromatic carbocycles. The van der Waals surface area contributed by atoms with Gasteiger partial charge in [-0.05, 0) is 51.5 Å². The molecule has 0 N–H and O–H groups in total. The van der Waals surface area contributed by atoms with Gasteiger partial charge in [-0.25, -0.2) is 0 Å². The van der Waals surface area contributed by atoms with Crippen molar-refractivity contribution in [2.45, 2.75) is 84.7 Å². The van der Waals surface area contributed by atoms with Crippen molar-refractivity contribution in [1.29, 1.82) is 0 Å². The predicted octanol–water partition coefficient (Wildman–Crippen LogP) is 4.47. The first-order chi connectivity index (χ1) is 7.65. The molecule has 16 heavy (non-hydrogen) atoms. The third-order valence-electron chi connectivity index (χ3n) is 4.12. The van der Waals surface area contributed by atoms with Crippen molar-refractivity contribution >= 4 is 0 Å². The van der Waals surface area contributed by atoms with Gasteiger partial charge in [0.05, 0.1) is 0 Å². The molecule has 1 saturated carbocycles. The zero-order valence-electron chi connectivity index (χ0n) is 12.1. The number of nitrogens with zero attached hydrogens (tertiary/aromatic N) is 1. The van der Waals surface area contributed by atoms with Crippen molar-refractivity contribution in [2.24, 2.45) is 5.92 Å². The topological polar surface area (TPSA) is 3.24 Å². The van der Waals surface area contributed by atoms with Gasteiger partial charge in [0.15, 0.2) is 0 Å². The van der Waals surface area contributed by atoms with Crippen LogP contribution in [0.5, 0.6) is 0 Å². The van der Waals surface area contributed by atoms with Gasteiger partial charge in [0, 0.05) is 11.6 Å². The zero-order valence-corrected chi connectivity index (χ0v) is 12.1. The van der Waals surface area contributed by atoms with Gasteiger partial charge in [-0.1, -0.05) is 34.1 Å². The van der Waals surface area contributed by atoms with E-state index >= 15 is 0 Å². The van der Waals surface area contributed by atoms with Crippen molar-refractivity contribution in [3.05, 3.63) is 0 Å². The largest absolute Gasteiger partial charge is 0.295 e. The minimum absolute atomic E-state index is 0.535. The minimum Gasteiger partial charge on any atom is -0.295 e. The molecule has 0 aromatic rings. The Bertz CT molecular complexity index is 198. The van der Waals surface area contributed by atoms with E-state index in [0.717, 1.165) is 12.0 Å². The fraction of sp³-hybridized carbons (Fsp3) is 1.00. The molecule has 2 atom stereocenters. The van der Waals surface area contributed by atoms with Gasteiger partial charge in [0.2, 0.25) is 0 Å². The minimum atomic E-state index is 0.535. The summed E-state index contributed by atoms with van der Waals surface area (Å²) in [4.78, 5) is 2.83. The highest BCUT2D eigenvalue weighted by Gasteiger charge is 2.43. The van der Waals surface area contributed by atoms with E-state index in [2.05, 4.69) is 25.7 Å². The Morgan fingerprint density at radius 2 is 1.81 bits per heavy atom. The summed E-state index contributed by atoms with van der Waals surface area (Å²) in [6.07, 6.45) is 8.52. The Hall–Kier alpha value is -0.0400. The first kappa shape index (κ1) is 14.0. The molecule has 1 heterocycles. The zero-order chi connectivity index (χ0) is 12.2. The third kappa shape index (κ3) is 3.23. The molecule has 1 saturated heterocycles. The molecule has 0 spiro atoms. The van der Waals surface area contributed by atoms with Crippen LogP contribution in [-0.2, 0) is 0 Å². The fourth-order valence-corrected chi connectivity index (χ4v) is 3.39. The molecular weight excluding hydrogens is 194 g/mol. The second-order valence-corrected chi connectivity index (χ2v) is 5.77. The maximum absolute atomic E-state index is 2.83. The maximum atomic E-state index is 2.83. The molecular formula is C15H31N. The van der Waals surface area contributed by atoms with Crippen LogP contribution in [0.2, 0.25) is 0 Å². The summed E-state index contributed by atoms with van der Waals surface area (Å²) in [5.41, 5.74) is 0.535. The van der Waals surface area contributed by atoms with Gasteiger partial charge in [-0.15, -0.1) is 0 Å². The van der Waals surface area contributed by atoms with Gasteiger partial charge < -0.3 is 0 Å². The summed E-state index contributed by atoms with van der Waals surface area (Å²) in [5, 5.41) is 0. The standard InChI is InChI=1S/C13H25N.C2H6/c1-4-8-13(3)10-11(2)7-9-14(13)12-5-6-12;1-2/h11-12H,4-10H2,1-3H3;1-2H3. The van der Waals surface area contributed by atoms with Gasteiger partial charge in [0.1, 0.15) is 0 Å². The van der Waals surface area contributed by atoms with Crippen LogP contribution >= 0.6 is 0 Å². The van der Waals surface area contributed by atoms with Crippen LogP contribution in [0.25, 0.3) is 0 Å². The Morgan fingerprint density at radius 1 is 1.19 bits per heavy atom. The highest BCUT2D eigenvalue weighted by Crippen LogP contribution is 2.42. The lowest BCUT2D eigenvalue weighted by atomic mass is 9.79. The quantitative estimate of drug-likeness (QED) is 0.685. The lowest BCUT2D eigenvalue weighted by molar-refractivity contribution is 0.0227. The molecule has 96 valence electrons. The molecule has 1 aliphatic carbocycles. The third-order valence-corrected chi connectivity index (χ3v) is 4.12. The fourth-order valence-electron chi connectivity index (χ4n) is 3.39. The molecule has 0 radical (unpaired) electrons. The molecule has 1 nitrogen and oxygen atoms in total. The van der Waals surface area contributed by atoms with Crippen molar-refractivity contribution in [3.63, 3.8) is 0 Å². The van der Waals surface area contributed by atoms with E-state index in [1.54, 1.807) is 0 Å². The van der Waals surface area contributed by atoms with E-state index in [4.69, 9.17) is 0 Å². The van der Waals surface area contributed by atoms with Gasteiger partial charge >= 0.3 is 0 Å². The first-order valence-electron chi connectivity index (χ1n) is 7.42. The second-order valence-electron chi connectivity index (χ2n) is 5.77. The van der Waals surface area contributed by atoms with Crippen LogP contribution in [-0.4, -0.2) is 23.0 Å². The lowest BCUT2D eigenvalue weighted by Crippen LogP contribution is -2.52. The number of rotatable bonds is 3. The van der Waals surface area contributed by atoms with E-state index in [-0.39, 0.29) is 0 Å². The highest BCUT2D eigenvalue weighted by molar-refractivity contribution is 4.99. The van der Waals surface area contributed by atoms with Crippen molar-refractivity contribution in [3.8, 4) is 0 Å². The van der Waals surface area contributed by atoms with Crippen LogP contribution in [0.3, 0.4) is 0 Å². The van der Waals surface area contributed by atoms with Crippen LogP contribution in [0.4, 0.5) is 0 Å². The van der Waals surface area contributed by atoms with Crippen molar-refractivity contribution in [1.82, 2.24) is 4.90 Å². The Balaban J connectivity index is 0.000000606. The summed E-state index contributed by atoms with van der Waals surface area (Å²) in [6.45, 7) is 12.6. The number of piperidine rings is 1. The van der Waals surface area contributed by atoms with Gasteiger partial charge in [-0.3, -0.25) is 4.90 Å². The molecule has 0 aromatic heterocycles. The molecule has 1 aliphatic heterocycles. The lowest BCUT2D eigenvalue weighted by Gasteiger charge is -2.48. The molecule has 0 amide bonds. The van der Waals surface area contributed by atoms with Crippen LogP contribution in [0, 0.1) is 5.92 Å². The predicted molar refractivity (Wildman–Crippen MR) is 72.8 cm³/mol. The average molecular weight is 225 g/mol. The van der Waals surface area contributed by atoms with Crippen molar-refractivity contribution in [2.75, 3.05) is 6.54 Å². The monoisotopic (exact) mass is 225 g/mol. The average Bonchev–Trinajstić information content (AvgIpc) is 3.04. The SMILES string of the molecule is CC.CCCC1(C)CC(C)CCN1C1CC1. The van der Waals surface area contributed by atoms with E-state index in [0.29, 0.717) is 5.54 Å². The summed E-state index contributed by atoms with van der Waals surface area (Å²) >= 11 is 0. The van der Waals surface area contributed by atoms with E-state index in [1.807, 2.05) is 13.8 Å². The van der Waals surface area contributed by atoms with Crippen LogP contribution < -0.4 is 0 Å². The Morgan fingerprint density at radius 3 is 2.31 bits per heavy atom. The number of hydrogen-bond donors (Lipinski definition) is 0. The normalized spacial score (nSPS) is 35.4. The van der Waals surface area contributed by atoms with E-state index in [1.165, 1.54) is 45.1 Å². The number of hydrogen-bond acceptors (Lipinski definition) is 1. The smallest absolute Gasteiger partial charge is 0.0186 e. The van der Waals surface area contributed by atoms with Crippen molar-refractivity contribution < 1.29 is 0 Å². The van der Waals surface area contributed by atoms with Gasteiger partial charge in [-0.2, -0.15) is 0 Å². The molecule has 2 unspecified atom stereocenters. The molecule has 2 rings (SSSR count). The number of likely N-dealkylation sites (tertiary alicyclic amines) is 1. The molecule has 2 aliphatic rings. The summed E-state index contributed by atoms with van der Waals surface area (Å²) < 4.78 is 0. The van der Waals surface area contributed by atoms with Crippen LogP contribution in [0.1, 0.15) is 73.1 Å². The Labute approximate surface area is 103 Å². The van der Waals surface area contributed by atoms with Gasteiger partial charge in [0.25, 0.3) is 0 Å². The summed E-state index contributed by atoms with van der Waals surface area (Å²) in [7, 11) is 0. The first-order valence-corrected chi connectivity index (χ1v) is 7.42. The Kier molecular flexibility index (Phi) is 5.30. The highest BCUT2D eigenvalue weighted by atomic mass is 15.2. The summed E-state index contributed by atoms with van der Waals surface area (Å²) in [6, 6.07) is 0.957. The van der Waals surface area contributed by atoms with E-state index < -0.39 is 0 Å². The molecule has 0 bridgehead atoms. The molecule has 1 heteroatoms. The maximum Gasteiger partial charge on any atom is 0.0186 e. The van der Waals surface area contributed by atoms with E-state index in [9.17, 15) is 0 Å². The van der Waals surface area contributed by atoms with Crippen LogP contribution in [0.15, 0.2) is 0 Å². The second kappa shape index (κ2) is 6.05.